The van der Waals surface area contributed by atoms with E-state index in [0.29, 0.717) is 24.4 Å². The number of unbranched alkanes of at least 4 members (excludes halogenated alkanes) is 1. The molecule has 0 aliphatic carbocycles. The third kappa shape index (κ3) is 6.50. The van der Waals surface area contributed by atoms with Crippen molar-refractivity contribution in [1.82, 2.24) is 0 Å². The largest absolute Gasteiger partial charge is 0.494 e. The van der Waals surface area contributed by atoms with Gasteiger partial charge in [-0.25, -0.2) is 10.1 Å². The Morgan fingerprint density at radius 3 is 1.56 bits per heavy atom. The van der Waals surface area contributed by atoms with Crippen molar-refractivity contribution in [2.45, 2.75) is 26.7 Å². The third-order valence-electron chi connectivity index (χ3n) is 4.82. The molecular formula is C26H22N4O2. The van der Waals surface area contributed by atoms with Crippen molar-refractivity contribution in [3.63, 3.8) is 0 Å². The highest BCUT2D eigenvalue weighted by molar-refractivity contribution is 5.74. The van der Waals surface area contributed by atoms with E-state index in [0.717, 1.165) is 35.5 Å². The second-order valence-electron chi connectivity index (χ2n) is 6.87. The SMILES string of the molecule is [C-]#[N+]C(C#N)=C(C)c1ccc(OCCCCOc2ccc(C(C)=C(C#N)C#N)cc2)cc1. The summed E-state index contributed by atoms with van der Waals surface area (Å²) >= 11 is 0. The monoisotopic (exact) mass is 422 g/mol. The number of hydrogen-bond donors (Lipinski definition) is 0. The van der Waals surface area contributed by atoms with Gasteiger partial charge < -0.3 is 9.47 Å². The number of nitriles is 3. The van der Waals surface area contributed by atoms with Crippen LogP contribution in [0, 0.1) is 40.6 Å². The van der Waals surface area contributed by atoms with Crippen molar-refractivity contribution in [2.75, 3.05) is 13.2 Å². The average Bonchev–Trinajstić information content (AvgIpc) is 2.83. The van der Waals surface area contributed by atoms with E-state index in [2.05, 4.69) is 4.85 Å². The topological polar surface area (TPSA) is 94.2 Å². The molecule has 6 nitrogen and oxygen atoms in total. The molecule has 0 bridgehead atoms. The molecule has 0 fully saturated rings. The van der Waals surface area contributed by atoms with Gasteiger partial charge >= 0.3 is 0 Å². The van der Waals surface area contributed by atoms with E-state index in [4.69, 9.17) is 31.8 Å². The molecule has 0 radical (unpaired) electrons. The van der Waals surface area contributed by atoms with Crippen molar-refractivity contribution >= 4 is 11.1 Å². The van der Waals surface area contributed by atoms with Crippen LogP contribution in [0.3, 0.4) is 0 Å². The summed E-state index contributed by atoms with van der Waals surface area (Å²) in [7, 11) is 0. The lowest BCUT2D eigenvalue weighted by Crippen LogP contribution is -2.02. The summed E-state index contributed by atoms with van der Waals surface area (Å²) in [6, 6.07) is 20.4. The maximum Gasteiger partial charge on any atom is 0.265 e. The molecule has 0 atom stereocenters. The molecule has 0 amide bonds. The van der Waals surface area contributed by atoms with Crippen molar-refractivity contribution in [1.29, 1.82) is 15.8 Å². The van der Waals surface area contributed by atoms with Gasteiger partial charge in [-0.15, -0.1) is 0 Å². The Hall–Kier alpha value is -4.52. The van der Waals surface area contributed by atoms with Gasteiger partial charge in [0, 0.05) is 0 Å². The van der Waals surface area contributed by atoms with E-state index in [-0.39, 0.29) is 11.3 Å². The standard InChI is InChI=1S/C26H22N4O2/c1-19(23(16-27)17-28)21-6-10-24(11-7-21)31-14-4-5-15-32-25-12-8-22(9-13-25)20(2)26(18-29)30-3/h6-13H,4-5,14-15H2,1-2H3. The lowest BCUT2D eigenvalue weighted by Gasteiger charge is -2.09. The zero-order valence-electron chi connectivity index (χ0n) is 18.1. The second kappa shape index (κ2) is 12.2. The van der Waals surface area contributed by atoms with Gasteiger partial charge in [0.25, 0.3) is 5.70 Å². The summed E-state index contributed by atoms with van der Waals surface area (Å²) in [6.07, 6.45) is 1.65. The first-order valence-electron chi connectivity index (χ1n) is 10.00. The maximum absolute atomic E-state index is 8.97. The first-order valence-corrected chi connectivity index (χ1v) is 10.00. The molecule has 6 heteroatoms. The molecule has 0 unspecified atom stereocenters. The van der Waals surface area contributed by atoms with Crippen molar-refractivity contribution in [2.24, 2.45) is 0 Å². The molecule has 2 rings (SSSR count). The fraction of sp³-hybridized carbons (Fsp3) is 0.231. The zero-order chi connectivity index (χ0) is 23.3. The zero-order valence-corrected chi connectivity index (χ0v) is 18.1. The normalized spacial score (nSPS) is 10.4. The fourth-order valence-electron chi connectivity index (χ4n) is 2.85. The van der Waals surface area contributed by atoms with Gasteiger partial charge in [-0.05, 0) is 73.2 Å². The predicted octanol–water partition coefficient (Wildman–Crippen LogP) is 5.92. The van der Waals surface area contributed by atoms with Crippen LogP contribution in [-0.2, 0) is 0 Å². The molecule has 0 heterocycles. The van der Waals surface area contributed by atoms with Gasteiger partial charge in [0.05, 0.1) is 25.9 Å². The van der Waals surface area contributed by atoms with Crippen LogP contribution in [0.1, 0.15) is 37.8 Å². The lowest BCUT2D eigenvalue weighted by atomic mass is 10.0. The number of rotatable bonds is 9. The first-order chi connectivity index (χ1) is 15.5. The van der Waals surface area contributed by atoms with Crippen molar-refractivity contribution in [3.05, 3.63) is 82.3 Å². The lowest BCUT2D eigenvalue weighted by molar-refractivity contribution is 0.266. The molecule has 32 heavy (non-hydrogen) atoms. The smallest absolute Gasteiger partial charge is 0.265 e. The number of allylic oxidation sites excluding steroid dienone is 4. The molecule has 0 saturated carbocycles. The summed E-state index contributed by atoms with van der Waals surface area (Å²) < 4.78 is 11.5. The Labute approximate surface area is 188 Å². The van der Waals surface area contributed by atoms with Crippen LogP contribution < -0.4 is 9.47 Å². The minimum atomic E-state index is 0.0917. The minimum Gasteiger partial charge on any atom is -0.494 e. The van der Waals surface area contributed by atoms with Crippen LogP contribution in [0.5, 0.6) is 11.5 Å². The van der Waals surface area contributed by atoms with E-state index in [1.165, 1.54) is 0 Å². The number of hydrogen-bond acceptors (Lipinski definition) is 5. The van der Waals surface area contributed by atoms with E-state index < -0.39 is 0 Å². The van der Waals surface area contributed by atoms with Crippen LogP contribution in [0.15, 0.2) is 59.8 Å². The van der Waals surface area contributed by atoms with E-state index in [1.807, 2.05) is 66.7 Å². The summed E-state index contributed by atoms with van der Waals surface area (Å²) in [5, 5.41) is 26.9. The van der Waals surface area contributed by atoms with E-state index >= 15 is 0 Å². The highest BCUT2D eigenvalue weighted by atomic mass is 16.5. The van der Waals surface area contributed by atoms with Crippen LogP contribution in [0.2, 0.25) is 0 Å². The molecule has 2 aromatic rings. The average molecular weight is 422 g/mol. The summed E-state index contributed by atoms with van der Waals surface area (Å²) in [4.78, 5) is 3.23. The van der Waals surface area contributed by atoms with Crippen LogP contribution in [0.4, 0.5) is 0 Å². The Morgan fingerprint density at radius 1 is 0.750 bits per heavy atom. The highest BCUT2D eigenvalue weighted by Crippen LogP contribution is 2.23. The fourth-order valence-corrected chi connectivity index (χ4v) is 2.85. The van der Waals surface area contributed by atoms with Gasteiger partial charge in [0.2, 0.25) is 0 Å². The molecule has 0 N–H and O–H groups in total. The summed E-state index contributed by atoms with van der Waals surface area (Å²) in [5.41, 5.74) is 3.14. The molecule has 0 saturated heterocycles. The molecular weight excluding hydrogens is 400 g/mol. The van der Waals surface area contributed by atoms with Gasteiger partial charge in [0.15, 0.2) is 0 Å². The van der Waals surface area contributed by atoms with E-state index in [9.17, 15) is 0 Å². The molecule has 0 spiro atoms. The molecule has 0 aliphatic rings. The van der Waals surface area contributed by atoms with Gasteiger partial charge in [-0.3, -0.25) is 0 Å². The third-order valence-corrected chi connectivity index (χ3v) is 4.82. The van der Waals surface area contributed by atoms with Crippen LogP contribution in [0.25, 0.3) is 16.0 Å². The molecule has 0 aromatic heterocycles. The molecule has 2 aromatic carbocycles. The molecule has 158 valence electrons. The minimum absolute atomic E-state index is 0.0917. The van der Waals surface area contributed by atoms with Gasteiger partial charge in [-0.2, -0.15) is 10.5 Å². The Morgan fingerprint density at radius 2 is 1.19 bits per heavy atom. The second-order valence-corrected chi connectivity index (χ2v) is 6.87. The number of nitrogens with zero attached hydrogens (tertiary/aromatic N) is 4. The number of ether oxygens (including phenoxy) is 2. The van der Waals surface area contributed by atoms with Crippen LogP contribution >= 0.6 is 0 Å². The van der Waals surface area contributed by atoms with Gasteiger partial charge in [-0.1, -0.05) is 24.3 Å². The maximum atomic E-state index is 8.97. The Kier molecular flexibility index (Phi) is 9.09. The summed E-state index contributed by atoms with van der Waals surface area (Å²) in [5.74, 6) is 1.46. The number of benzene rings is 2. The van der Waals surface area contributed by atoms with E-state index in [1.54, 1.807) is 13.8 Å². The Bertz CT molecular complexity index is 1040. The van der Waals surface area contributed by atoms with Crippen LogP contribution in [-0.4, -0.2) is 13.2 Å². The highest BCUT2D eigenvalue weighted by Gasteiger charge is 2.05. The van der Waals surface area contributed by atoms with Crippen molar-refractivity contribution < 1.29 is 9.47 Å². The quantitative estimate of drug-likeness (QED) is 0.284. The molecule has 0 aliphatic heterocycles. The van der Waals surface area contributed by atoms with Gasteiger partial charge in [0.1, 0.15) is 29.2 Å². The predicted molar refractivity (Wildman–Crippen MR) is 122 cm³/mol. The Balaban J connectivity index is 1.75. The van der Waals surface area contributed by atoms with Crippen molar-refractivity contribution in [3.8, 4) is 29.7 Å². The first kappa shape index (κ1) is 23.8. The summed E-state index contributed by atoms with van der Waals surface area (Å²) in [6.45, 7) is 11.6.